The molecule has 0 spiro atoms. The number of nitrogens with one attached hydrogen (secondary N) is 1. The number of amides is 1. The van der Waals surface area contributed by atoms with Crippen molar-refractivity contribution >= 4 is 11.6 Å². The maximum atomic E-state index is 12.5. The number of carbonyl (C=O) groups excluding carboxylic acids is 1. The van der Waals surface area contributed by atoms with Crippen LogP contribution in [-0.4, -0.2) is 20.7 Å². The van der Waals surface area contributed by atoms with Gasteiger partial charge in [0, 0.05) is 17.7 Å². The van der Waals surface area contributed by atoms with Crippen molar-refractivity contribution in [2.45, 2.75) is 25.7 Å². The van der Waals surface area contributed by atoms with E-state index < -0.39 is 0 Å². The molecule has 1 amide bonds. The zero-order chi connectivity index (χ0) is 16.5. The first-order valence-corrected chi connectivity index (χ1v) is 8.10. The first-order valence-electron chi connectivity index (χ1n) is 8.10. The third-order valence-corrected chi connectivity index (χ3v) is 4.23. The molecule has 1 fully saturated rings. The van der Waals surface area contributed by atoms with Crippen LogP contribution in [0, 0.1) is 6.92 Å². The monoisotopic (exact) mass is 318 g/mol. The first-order chi connectivity index (χ1) is 11.7. The van der Waals surface area contributed by atoms with Crippen LogP contribution in [-0.2, 0) is 0 Å². The highest BCUT2D eigenvalue weighted by Gasteiger charge is 2.33. The number of rotatable bonds is 4. The highest BCUT2D eigenvalue weighted by Crippen LogP contribution is 2.45. The van der Waals surface area contributed by atoms with Gasteiger partial charge in [-0.15, -0.1) is 0 Å². The van der Waals surface area contributed by atoms with Crippen molar-refractivity contribution < 1.29 is 4.79 Å². The van der Waals surface area contributed by atoms with Crippen LogP contribution in [0.25, 0.3) is 5.69 Å². The molecule has 2 heterocycles. The number of benzene rings is 1. The quantitative estimate of drug-likeness (QED) is 0.798. The fraction of sp³-hybridized carbons (Fsp3) is 0.211. The molecule has 1 aromatic carbocycles. The second-order valence-electron chi connectivity index (χ2n) is 6.06. The lowest BCUT2D eigenvalue weighted by atomic mass is 10.1. The minimum Gasteiger partial charge on any atom is -0.319 e. The van der Waals surface area contributed by atoms with E-state index in [4.69, 9.17) is 0 Å². The zero-order valence-corrected chi connectivity index (χ0v) is 13.4. The van der Waals surface area contributed by atoms with Crippen LogP contribution in [0.3, 0.4) is 0 Å². The highest BCUT2D eigenvalue weighted by atomic mass is 16.1. The molecule has 4 rings (SSSR count). The average molecular weight is 318 g/mol. The number of carbonyl (C=O) groups is 1. The molecule has 1 aliphatic rings. The summed E-state index contributed by atoms with van der Waals surface area (Å²) < 4.78 is 1.92. The maximum absolute atomic E-state index is 12.5. The lowest BCUT2D eigenvalue weighted by molar-refractivity contribution is 0.102. The summed E-state index contributed by atoms with van der Waals surface area (Å²) >= 11 is 0. The fourth-order valence-corrected chi connectivity index (χ4v) is 2.88. The summed E-state index contributed by atoms with van der Waals surface area (Å²) in [6.07, 6.45) is 5.79. The van der Waals surface area contributed by atoms with Gasteiger partial charge in [-0.05, 0) is 44.0 Å². The molecule has 0 aliphatic heterocycles. The van der Waals surface area contributed by atoms with E-state index >= 15 is 0 Å². The SMILES string of the molecule is Cc1nn(-c2cccnc2)c(C2CC2)c1NC(=O)c1ccccc1. The van der Waals surface area contributed by atoms with Crippen molar-refractivity contribution in [2.24, 2.45) is 0 Å². The van der Waals surface area contributed by atoms with Gasteiger partial charge in [0.15, 0.2) is 0 Å². The van der Waals surface area contributed by atoms with E-state index in [-0.39, 0.29) is 5.91 Å². The molecular formula is C19H18N4O. The van der Waals surface area contributed by atoms with Crippen molar-refractivity contribution in [3.63, 3.8) is 0 Å². The average Bonchev–Trinajstić information content (AvgIpc) is 3.41. The maximum Gasteiger partial charge on any atom is 0.255 e. The third-order valence-electron chi connectivity index (χ3n) is 4.23. The standard InChI is InChI=1S/C19H18N4O/c1-13-17(21-19(24)15-6-3-2-4-7-15)18(14-9-10-14)23(22-13)16-8-5-11-20-12-16/h2-8,11-12,14H,9-10H2,1H3,(H,21,24). The first kappa shape index (κ1) is 14.6. The van der Waals surface area contributed by atoms with Crippen molar-refractivity contribution in [1.82, 2.24) is 14.8 Å². The molecule has 5 nitrogen and oxygen atoms in total. The number of hydrogen-bond donors (Lipinski definition) is 1. The number of anilines is 1. The van der Waals surface area contributed by atoms with Crippen LogP contribution in [0.15, 0.2) is 54.9 Å². The number of aryl methyl sites for hydroxylation is 1. The molecular weight excluding hydrogens is 300 g/mol. The lowest BCUT2D eigenvalue weighted by Gasteiger charge is -2.10. The highest BCUT2D eigenvalue weighted by molar-refractivity contribution is 6.05. The topological polar surface area (TPSA) is 59.8 Å². The molecule has 1 N–H and O–H groups in total. The van der Waals surface area contributed by atoms with E-state index in [1.54, 1.807) is 12.4 Å². The predicted octanol–water partition coefficient (Wildman–Crippen LogP) is 3.71. The Morgan fingerprint density at radius 2 is 1.96 bits per heavy atom. The van der Waals surface area contributed by atoms with Crippen LogP contribution >= 0.6 is 0 Å². The van der Waals surface area contributed by atoms with Crippen LogP contribution in [0.2, 0.25) is 0 Å². The number of aromatic nitrogens is 3. The summed E-state index contributed by atoms with van der Waals surface area (Å²) in [5.74, 6) is 0.337. The van der Waals surface area contributed by atoms with E-state index in [1.165, 1.54) is 0 Å². The van der Waals surface area contributed by atoms with Gasteiger partial charge in [0.05, 0.1) is 29.0 Å². The van der Waals surface area contributed by atoms with Gasteiger partial charge in [-0.25, -0.2) is 4.68 Å². The molecule has 1 saturated carbocycles. The zero-order valence-electron chi connectivity index (χ0n) is 13.4. The van der Waals surface area contributed by atoms with Crippen LogP contribution in [0.4, 0.5) is 5.69 Å². The third kappa shape index (κ3) is 2.69. The van der Waals surface area contributed by atoms with E-state index in [0.717, 1.165) is 35.6 Å². The molecule has 0 unspecified atom stereocenters. The number of hydrogen-bond acceptors (Lipinski definition) is 3. The molecule has 0 atom stereocenters. The molecule has 5 heteroatoms. The molecule has 24 heavy (non-hydrogen) atoms. The van der Waals surface area contributed by atoms with Crippen molar-refractivity contribution in [1.29, 1.82) is 0 Å². The molecule has 3 aromatic rings. The van der Waals surface area contributed by atoms with Crippen molar-refractivity contribution in [3.05, 3.63) is 71.8 Å². The normalized spacial score (nSPS) is 13.7. The van der Waals surface area contributed by atoms with Gasteiger partial charge in [0.1, 0.15) is 0 Å². The smallest absolute Gasteiger partial charge is 0.255 e. The van der Waals surface area contributed by atoms with Gasteiger partial charge in [-0.1, -0.05) is 18.2 Å². The fourth-order valence-electron chi connectivity index (χ4n) is 2.88. The molecule has 0 saturated heterocycles. The second kappa shape index (κ2) is 5.92. The predicted molar refractivity (Wildman–Crippen MR) is 92.5 cm³/mol. The minimum absolute atomic E-state index is 0.105. The van der Waals surface area contributed by atoms with Gasteiger partial charge < -0.3 is 5.32 Å². The summed E-state index contributed by atoms with van der Waals surface area (Å²) in [5, 5.41) is 7.71. The molecule has 1 aliphatic carbocycles. The van der Waals surface area contributed by atoms with Gasteiger partial charge in [0.25, 0.3) is 5.91 Å². The van der Waals surface area contributed by atoms with E-state index in [1.807, 2.05) is 54.1 Å². The van der Waals surface area contributed by atoms with E-state index in [2.05, 4.69) is 15.4 Å². The van der Waals surface area contributed by atoms with E-state index in [0.29, 0.717) is 11.5 Å². The molecule has 0 radical (unpaired) electrons. The van der Waals surface area contributed by atoms with Crippen molar-refractivity contribution in [3.8, 4) is 5.69 Å². The Morgan fingerprint density at radius 3 is 2.62 bits per heavy atom. The number of pyridine rings is 1. The molecule has 2 aromatic heterocycles. The Labute approximate surface area is 140 Å². The second-order valence-corrected chi connectivity index (χ2v) is 6.06. The van der Waals surface area contributed by atoms with Crippen LogP contribution in [0.1, 0.15) is 40.5 Å². The summed E-state index contributed by atoms with van der Waals surface area (Å²) in [4.78, 5) is 16.7. The van der Waals surface area contributed by atoms with Gasteiger partial charge in [-0.3, -0.25) is 9.78 Å². The largest absolute Gasteiger partial charge is 0.319 e. The summed E-state index contributed by atoms with van der Waals surface area (Å²) in [6, 6.07) is 13.1. The minimum atomic E-state index is -0.105. The lowest BCUT2D eigenvalue weighted by Crippen LogP contribution is -2.13. The van der Waals surface area contributed by atoms with Crippen LogP contribution < -0.4 is 5.32 Å². The Bertz CT molecular complexity index is 867. The summed E-state index contributed by atoms with van der Waals surface area (Å²) in [6.45, 7) is 1.93. The Morgan fingerprint density at radius 1 is 1.17 bits per heavy atom. The van der Waals surface area contributed by atoms with Crippen LogP contribution in [0.5, 0.6) is 0 Å². The molecule has 0 bridgehead atoms. The Hall–Kier alpha value is -2.95. The summed E-state index contributed by atoms with van der Waals surface area (Å²) in [7, 11) is 0. The number of nitrogens with zero attached hydrogens (tertiary/aromatic N) is 3. The molecule has 120 valence electrons. The Kier molecular flexibility index (Phi) is 3.61. The van der Waals surface area contributed by atoms with E-state index in [9.17, 15) is 4.79 Å². The van der Waals surface area contributed by atoms with Gasteiger partial charge in [-0.2, -0.15) is 5.10 Å². The Balaban J connectivity index is 1.73. The summed E-state index contributed by atoms with van der Waals surface area (Å²) in [5.41, 5.74) is 4.29. The van der Waals surface area contributed by atoms with Gasteiger partial charge in [0.2, 0.25) is 0 Å². The van der Waals surface area contributed by atoms with Gasteiger partial charge >= 0.3 is 0 Å². The van der Waals surface area contributed by atoms with Crippen molar-refractivity contribution in [2.75, 3.05) is 5.32 Å².